The standard InChI is InChI=1S/C19H28O.C2H4/c1-5-6-7-8-12-15-18(19(2,3)20-4)16-17-13-10-9-11-14-17;1-2/h5-6,9-10,13,18H,7-8,12,15-16H2,1-4H3;1-2H2/b6-5-;. The molecule has 0 aromatic rings. The van der Waals surface area contributed by atoms with Gasteiger partial charge in [-0.05, 0) is 64.5 Å². The first-order valence-electron chi connectivity index (χ1n) is 8.13. The molecule has 0 aliphatic heterocycles. The van der Waals surface area contributed by atoms with Crippen molar-refractivity contribution in [2.75, 3.05) is 7.11 Å². The van der Waals surface area contributed by atoms with Gasteiger partial charge in [0.05, 0.1) is 5.60 Å². The molecule has 0 saturated carbocycles. The Balaban J connectivity index is 0.00000211. The second kappa shape index (κ2) is 12.1. The predicted octanol–water partition coefficient (Wildman–Crippen LogP) is 6.16. The molecule has 0 fully saturated rings. The SMILES string of the molecule is C/C=C\CCCCC(CC1=C=C=CC=C1)C(C)(C)OC.C=C. The highest BCUT2D eigenvalue weighted by Gasteiger charge is 2.29. The van der Waals surface area contributed by atoms with Crippen LogP contribution in [0.4, 0.5) is 0 Å². The molecule has 0 radical (unpaired) electrons. The molecule has 0 aromatic carbocycles. The molecule has 1 aliphatic rings. The molecule has 0 bridgehead atoms. The minimum Gasteiger partial charge on any atom is -0.379 e. The van der Waals surface area contributed by atoms with Crippen LogP contribution in [0.5, 0.6) is 0 Å². The highest BCUT2D eigenvalue weighted by atomic mass is 16.5. The molecule has 0 saturated heterocycles. The Morgan fingerprint density at radius 3 is 2.59 bits per heavy atom. The Kier molecular flexibility index (Phi) is 11.2. The van der Waals surface area contributed by atoms with Gasteiger partial charge in [-0.2, -0.15) is 0 Å². The molecule has 122 valence electrons. The lowest BCUT2D eigenvalue weighted by atomic mass is 9.81. The highest BCUT2D eigenvalue weighted by Crippen LogP contribution is 2.31. The topological polar surface area (TPSA) is 9.23 Å². The van der Waals surface area contributed by atoms with Crippen molar-refractivity contribution >= 4 is 0 Å². The number of unbranched alkanes of at least 4 members (excludes halogenated alkanes) is 2. The summed E-state index contributed by atoms with van der Waals surface area (Å²) in [6.45, 7) is 12.5. The number of allylic oxidation sites excluding steroid dienone is 6. The minimum atomic E-state index is -0.0930. The zero-order valence-electron chi connectivity index (χ0n) is 14.8. The predicted molar refractivity (Wildman–Crippen MR) is 98.0 cm³/mol. The van der Waals surface area contributed by atoms with E-state index in [0.717, 1.165) is 6.42 Å². The van der Waals surface area contributed by atoms with Gasteiger partial charge < -0.3 is 4.74 Å². The fourth-order valence-electron chi connectivity index (χ4n) is 2.45. The Hall–Kier alpha value is -1.52. The number of rotatable bonds is 9. The third-order valence-electron chi connectivity index (χ3n) is 4.09. The summed E-state index contributed by atoms with van der Waals surface area (Å²) in [6.07, 6.45) is 16.3. The molecule has 1 aliphatic carbocycles. The summed E-state index contributed by atoms with van der Waals surface area (Å²) >= 11 is 0. The molecule has 0 N–H and O–H groups in total. The Morgan fingerprint density at radius 1 is 1.32 bits per heavy atom. The molecule has 22 heavy (non-hydrogen) atoms. The van der Waals surface area contributed by atoms with Gasteiger partial charge >= 0.3 is 0 Å². The van der Waals surface area contributed by atoms with E-state index in [1.807, 2.05) is 19.3 Å². The summed E-state index contributed by atoms with van der Waals surface area (Å²) in [5.41, 5.74) is 7.40. The van der Waals surface area contributed by atoms with Crippen LogP contribution in [0.25, 0.3) is 0 Å². The first-order valence-corrected chi connectivity index (χ1v) is 8.13. The quantitative estimate of drug-likeness (QED) is 0.281. The smallest absolute Gasteiger partial charge is 0.0654 e. The molecule has 0 heterocycles. The molecular formula is C21H32O. The first-order chi connectivity index (χ1) is 10.6. The molecule has 1 unspecified atom stereocenters. The van der Waals surface area contributed by atoms with Gasteiger partial charge in [-0.3, -0.25) is 0 Å². The van der Waals surface area contributed by atoms with Crippen LogP contribution in [0.1, 0.15) is 52.9 Å². The number of hydrogen-bond acceptors (Lipinski definition) is 1. The maximum Gasteiger partial charge on any atom is 0.0654 e. The Morgan fingerprint density at radius 2 is 2.05 bits per heavy atom. The van der Waals surface area contributed by atoms with E-state index in [-0.39, 0.29) is 5.60 Å². The fraction of sp³-hybridized carbons (Fsp3) is 0.524. The van der Waals surface area contributed by atoms with Crippen molar-refractivity contribution in [3.63, 3.8) is 0 Å². The fourth-order valence-corrected chi connectivity index (χ4v) is 2.45. The summed E-state index contributed by atoms with van der Waals surface area (Å²) in [5, 5.41) is 0. The number of hydrogen-bond donors (Lipinski definition) is 0. The Bertz CT molecular complexity index is 452. The zero-order chi connectivity index (χ0) is 16.8. The molecule has 0 spiro atoms. The van der Waals surface area contributed by atoms with Gasteiger partial charge in [0, 0.05) is 12.7 Å². The summed E-state index contributed by atoms with van der Waals surface area (Å²) in [6, 6.07) is 0. The highest BCUT2D eigenvalue weighted by molar-refractivity contribution is 5.26. The van der Waals surface area contributed by atoms with Crippen molar-refractivity contribution in [1.82, 2.24) is 0 Å². The number of methoxy groups -OCH3 is 1. The summed E-state index contributed by atoms with van der Waals surface area (Å²) < 4.78 is 5.71. The average Bonchev–Trinajstić information content (AvgIpc) is 2.56. The average molecular weight is 300 g/mol. The van der Waals surface area contributed by atoms with Gasteiger partial charge in [-0.25, -0.2) is 0 Å². The largest absolute Gasteiger partial charge is 0.379 e. The second-order valence-corrected chi connectivity index (χ2v) is 5.88. The second-order valence-electron chi connectivity index (χ2n) is 5.88. The Labute approximate surface area is 137 Å². The van der Waals surface area contributed by atoms with E-state index in [2.05, 4.69) is 63.6 Å². The van der Waals surface area contributed by atoms with Crippen molar-refractivity contribution in [2.24, 2.45) is 5.92 Å². The maximum atomic E-state index is 5.71. The normalized spacial score (nSPS) is 14.6. The van der Waals surface area contributed by atoms with Gasteiger partial charge in [-0.15, -0.1) is 13.2 Å². The molecule has 1 atom stereocenters. The molecule has 1 nitrogen and oxygen atoms in total. The van der Waals surface area contributed by atoms with Crippen molar-refractivity contribution < 1.29 is 4.74 Å². The molecular weight excluding hydrogens is 268 g/mol. The summed E-state index contributed by atoms with van der Waals surface area (Å²) in [4.78, 5) is 0. The first kappa shape index (κ1) is 20.5. The summed E-state index contributed by atoms with van der Waals surface area (Å²) in [5.74, 6) is 0.519. The van der Waals surface area contributed by atoms with Crippen LogP contribution in [0.3, 0.4) is 0 Å². The lowest BCUT2D eigenvalue weighted by Crippen LogP contribution is -2.33. The zero-order valence-corrected chi connectivity index (χ0v) is 14.8. The van der Waals surface area contributed by atoms with E-state index in [0.29, 0.717) is 5.92 Å². The van der Waals surface area contributed by atoms with Gasteiger partial charge in [-0.1, -0.05) is 36.1 Å². The van der Waals surface area contributed by atoms with Crippen LogP contribution in [0, 0.1) is 5.92 Å². The van der Waals surface area contributed by atoms with Crippen molar-refractivity contribution in [1.29, 1.82) is 0 Å². The van der Waals surface area contributed by atoms with Gasteiger partial charge in [0.25, 0.3) is 0 Å². The van der Waals surface area contributed by atoms with E-state index in [9.17, 15) is 0 Å². The molecule has 1 heteroatoms. The molecule has 0 amide bonds. The third kappa shape index (κ3) is 8.05. The molecule has 0 aromatic heterocycles. The van der Waals surface area contributed by atoms with Crippen molar-refractivity contribution in [2.45, 2.75) is 58.5 Å². The van der Waals surface area contributed by atoms with Crippen LogP contribution in [-0.2, 0) is 4.74 Å². The van der Waals surface area contributed by atoms with Gasteiger partial charge in [0.15, 0.2) is 0 Å². The lowest BCUT2D eigenvalue weighted by Gasteiger charge is -2.33. The van der Waals surface area contributed by atoms with Crippen LogP contribution < -0.4 is 0 Å². The van der Waals surface area contributed by atoms with E-state index in [4.69, 9.17) is 4.74 Å². The van der Waals surface area contributed by atoms with Crippen molar-refractivity contribution in [3.8, 4) is 0 Å². The van der Waals surface area contributed by atoms with Crippen LogP contribution >= 0.6 is 0 Å². The minimum absolute atomic E-state index is 0.0930. The van der Waals surface area contributed by atoms with E-state index in [1.165, 1.54) is 31.3 Å². The lowest BCUT2D eigenvalue weighted by molar-refractivity contribution is -0.0311. The van der Waals surface area contributed by atoms with Crippen LogP contribution in [0.2, 0.25) is 0 Å². The van der Waals surface area contributed by atoms with Crippen LogP contribution in [-0.4, -0.2) is 12.7 Å². The number of ether oxygens (including phenoxy) is 1. The van der Waals surface area contributed by atoms with Gasteiger partial charge in [0.1, 0.15) is 0 Å². The van der Waals surface area contributed by atoms with Gasteiger partial charge in [0.2, 0.25) is 0 Å². The summed E-state index contributed by atoms with van der Waals surface area (Å²) in [7, 11) is 1.81. The maximum absolute atomic E-state index is 5.71. The van der Waals surface area contributed by atoms with E-state index in [1.54, 1.807) is 0 Å². The third-order valence-corrected chi connectivity index (χ3v) is 4.09. The molecule has 1 rings (SSSR count). The van der Waals surface area contributed by atoms with Crippen LogP contribution in [0.15, 0.2) is 60.6 Å². The van der Waals surface area contributed by atoms with Crippen molar-refractivity contribution in [3.05, 3.63) is 60.6 Å². The van der Waals surface area contributed by atoms with E-state index < -0.39 is 0 Å². The monoisotopic (exact) mass is 300 g/mol. The van der Waals surface area contributed by atoms with E-state index >= 15 is 0 Å².